The molecule has 5 nitrogen and oxygen atoms in total. The zero-order valence-electron chi connectivity index (χ0n) is 13.6. The van der Waals surface area contributed by atoms with Crippen molar-refractivity contribution in [3.8, 4) is 11.6 Å². The topological polar surface area (TPSA) is 79.4 Å². The van der Waals surface area contributed by atoms with Gasteiger partial charge >= 0.3 is 4.87 Å². The van der Waals surface area contributed by atoms with E-state index < -0.39 is 0 Å². The van der Waals surface area contributed by atoms with Crippen molar-refractivity contribution in [2.24, 2.45) is 5.41 Å². The molecule has 1 aliphatic rings. The largest absolute Gasteiger partial charge is 0.494 e. The number of ketones is 1. The van der Waals surface area contributed by atoms with Crippen molar-refractivity contribution in [2.75, 3.05) is 6.61 Å². The molecule has 0 unspecified atom stereocenters. The van der Waals surface area contributed by atoms with E-state index in [1.165, 1.54) is 0 Å². The van der Waals surface area contributed by atoms with Crippen LogP contribution >= 0.6 is 11.3 Å². The van der Waals surface area contributed by atoms with Gasteiger partial charge in [0.15, 0.2) is 0 Å². The molecule has 1 aromatic heterocycles. The van der Waals surface area contributed by atoms with Gasteiger partial charge < -0.3 is 9.84 Å². The Bertz CT molecular complexity index is 765. The third-order valence-electron chi connectivity index (χ3n) is 4.59. The van der Waals surface area contributed by atoms with Gasteiger partial charge in [0.25, 0.3) is 0 Å². The molecular weight excluding hydrogens is 326 g/mol. The van der Waals surface area contributed by atoms with E-state index >= 15 is 0 Å². The molecule has 0 aliphatic heterocycles. The van der Waals surface area contributed by atoms with E-state index in [0.29, 0.717) is 36.5 Å². The van der Waals surface area contributed by atoms with Gasteiger partial charge in [-0.2, -0.15) is 0 Å². The molecule has 6 heteroatoms. The summed E-state index contributed by atoms with van der Waals surface area (Å²) in [5.41, 5.74) is 1.07. The van der Waals surface area contributed by atoms with Crippen molar-refractivity contribution in [3.63, 3.8) is 0 Å². The maximum atomic E-state index is 11.4. The molecule has 24 heavy (non-hydrogen) atoms. The number of nitrogens with one attached hydrogen (secondary N) is 1. The van der Waals surface area contributed by atoms with Crippen molar-refractivity contribution in [1.82, 2.24) is 4.98 Å². The molecule has 0 radical (unpaired) electrons. The zero-order chi connectivity index (χ0) is 17.2. The fourth-order valence-corrected chi connectivity index (χ4v) is 3.65. The number of thiazole rings is 1. The lowest BCUT2D eigenvalue weighted by Crippen LogP contribution is -2.30. The second-order valence-corrected chi connectivity index (χ2v) is 7.81. The molecule has 1 fully saturated rings. The van der Waals surface area contributed by atoms with Crippen LogP contribution in [0.15, 0.2) is 29.1 Å². The van der Waals surface area contributed by atoms with Crippen molar-refractivity contribution in [2.45, 2.75) is 39.0 Å². The summed E-state index contributed by atoms with van der Waals surface area (Å²) in [6.07, 6.45) is 3.59. The molecule has 1 saturated carbocycles. The SMILES string of the molecule is CC1(COc2ccc(Cc3sc(=O)[nH]c3O)cc2)CCC(=O)CC1. The van der Waals surface area contributed by atoms with Gasteiger partial charge in [-0.1, -0.05) is 30.4 Å². The van der Waals surface area contributed by atoms with Crippen LogP contribution in [0.2, 0.25) is 0 Å². The third kappa shape index (κ3) is 4.06. The van der Waals surface area contributed by atoms with Crippen LogP contribution in [0.4, 0.5) is 0 Å². The van der Waals surface area contributed by atoms with E-state index in [-0.39, 0.29) is 16.2 Å². The van der Waals surface area contributed by atoms with Gasteiger partial charge in [-0.3, -0.25) is 14.6 Å². The number of hydrogen-bond donors (Lipinski definition) is 2. The molecule has 0 spiro atoms. The standard InChI is InChI=1S/C18H21NO4S/c1-18(8-6-13(20)7-9-18)11-23-14-4-2-12(3-5-14)10-15-16(21)19-17(22)24-15/h2-5,21H,6-11H2,1H3,(H,19,22). The minimum Gasteiger partial charge on any atom is -0.494 e. The van der Waals surface area contributed by atoms with Crippen molar-refractivity contribution in [3.05, 3.63) is 44.4 Å². The van der Waals surface area contributed by atoms with Gasteiger partial charge in [0.1, 0.15) is 11.5 Å². The number of H-pyrrole nitrogens is 1. The molecule has 2 N–H and O–H groups in total. The van der Waals surface area contributed by atoms with E-state index in [1.807, 2.05) is 24.3 Å². The highest BCUT2D eigenvalue weighted by molar-refractivity contribution is 7.09. The number of hydrogen-bond acceptors (Lipinski definition) is 5. The molecule has 0 atom stereocenters. The fourth-order valence-electron chi connectivity index (χ4n) is 2.90. The third-order valence-corrected chi connectivity index (χ3v) is 5.46. The Labute approximate surface area is 144 Å². The molecular formula is C18H21NO4S. The maximum absolute atomic E-state index is 11.4. The number of Topliss-reactive ketones (excluding diaryl/α,β-unsaturated/α-hetero) is 1. The van der Waals surface area contributed by atoms with Crippen LogP contribution in [0.25, 0.3) is 0 Å². The number of aromatic hydroxyl groups is 1. The highest BCUT2D eigenvalue weighted by atomic mass is 32.1. The van der Waals surface area contributed by atoms with Crippen LogP contribution in [0.1, 0.15) is 43.0 Å². The van der Waals surface area contributed by atoms with Crippen LogP contribution in [0.5, 0.6) is 11.6 Å². The quantitative estimate of drug-likeness (QED) is 0.870. The summed E-state index contributed by atoms with van der Waals surface area (Å²) in [7, 11) is 0. The van der Waals surface area contributed by atoms with Crippen LogP contribution in [-0.2, 0) is 11.2 Å². The van der Waals surface area contributed by atoms with Crippen LogP contribution in [-0.4, -0.2) is 22.5 Å². The van der Waals surface area contributed by atoms with E-state index in [2.05, 4.69) is 11.9 Å². The lowest BCUT2D eigenvalue weighted by molar-refractivity contribution is -0.122. The number of aromatic nitrogens is 1. The first-order chi connectivity index (χ1) is 11.4. The molecule has 1 aliphatic carbocycles. The van der Waals surface area contributed by atoms with Crippen molar-refractivity contribution >= 4 is 17.1 Å². The second-order valence-electron chi connectivity index (χ2n) is 6.75. The number of benzene rings is 1. The predicted molar refractivity (Wildman–Crippen MR) is 92.9 cm³/mol. The number of ether oxygens (including phenoxy) is 1. The van der Waals surface area contributed by atoms with E-state index in [0.717, 1.165) is 35.5 Å². The lowest BCUT2D eigenvalue weighted by atomic mass is 9.76. The van der Waals surface area contributed by atoms with Gasteiger partial charge in [0.05, 0.1) is 11.5 Å². The molecule has 3 rings (SSSR count). The monoisotopic (exact) mass is 347 g/mol. The highest BCUT2D eigenvalue weighted by Crippen LogP contribution is 2.35. The Kier molecular flexibility index (Phi) is 4.76. The van der Waals surface area contributed by atoms with E-state index in [1.54, 1.807) is 0 Å². The van der Waals surface area contributed by atoms with E-state index in [9.17, 15) is 14.7 Å². The van der Waals surface area contributed by atoms with Gasteiger partial charge in [0.2, 0.25) is 5.88 Å². The van der Waals surface area contributed by atoms with Crippen LogP contribution in [0.3, 0.4) is 0 Å². The molecule has 0 amide bonds. The number of aromatic amines is 1. The number of carbonyl (C=O) groups excluding carboxylic acids is 1. The minimum absolute atomic E-state index is 0.0508. The van der Waals surface area contributed by atoms with Gasteiger partial charge in [0, 0.05) is 24.7 Å². The summed E-state index contributed by atoms with van der Waals surface area (Å²) in [4.78, 5) is 25.3. The summed E-state index contributed by atoms with van der Waals surface area (Å²) >= 11 is 1.02. The molecule has 128 valence electrons. The molecule has 1 aromatic carbocycles. The molecule has 2 aromatic rings. The minimum atomic E-state index is -0.248. The first-order valence-corrected chi connectivity index (χ1v) is 8.90. The Morgan fingerprint density at radius 1 is 1.21 bits per heavy atom. The van der Waals surface area contributed by atoms with E-state index in [4.69, 9.17) is 4.74 Å². The predicted octanol–water partition coefficient (Wildman–Crippen LogP) is 3.26. The normalized spacial score (nSPS) is 17.0. The first-order valence-electron chi connectivity index (χ1n) is 8.08. The first kappa shape index (κ1) is 16.8. The zero-order valence-corrected chi connectivity index (χ0v) is 14.4. The summed E-state index contributed by atoms with van der Waals surface area (Å²) in [6.45, 7) is 2.78. The number of carbonyl (C=O) groups is 1. The van der Waals surface area contributed by atoms with Gasteiger partial charge in [-0.25, -0.2) is 0 Å². The average molecular weight is 347 g/mol. The van der Waals surface area contributed by atoms with Crippen LogP contribution in [0, 0.1) is 5.41 Å². The van der Waals surface area contributed by atoms with Crippen molar-refractivity contribution < 1.29 is 14.6 Å². The summed E-state index contributed by atoms with van der Waals surface area (Å²) in [6, 6.07) is 7.68. The Morgan fingerprint density at radius 2 is 1.88 bits per heavy atom. The Hall–Kier alpha value is -2.08. The van der Waals surface area contributed by atoms with Gasteiger partial charge in [-0.15, -0.1) is 0 Å². The lowest BCUT2D eigenvalue weighted by Gasteiger charge is -2.32. The second kappa shape index (κ2) is 6.81. The Balaban J connectivity index is 1.57. The Morgan fingerprint density at radius 3 is 2.46 bits per heavy atom. The fraction of sp³-hybridized carbons (Fsp3) is 0.444. The van der Waals surface area contributed by atoms with Gasteiger partial charge in [-0.05, 0) is 30.5 Å². The smallest absolute Gasteiger partial charge is 0.307 e. The molecule has 1 heterocycles. The highest BCUT2D eigenvalue weighted by Gasteiger charge is 2.30. The summed E-state index contributed by atoms with van der Waals surface area (Å²) < 4.78 is 5.90. The summed E-state index contributed by atoms with van der Waals surface area (Å²) in [5.74, 6) is 1.10. The molecule has 0 saturated heterocycles. The maximum Gasteiger partial charge on any atom is 0.307 e. The average Bonchev–Trinajstić information content (AvgIpc) is 2.88. The summed E-state index contributed by atoms with van der Waals surface area (Å²) in [5, 5.41) is 9.63. The number of rotatable bonds is 5. The van der Waals surface area contributed by atoms with Crippen LogP contribution < -0.4 is 9.61 Å². The van der Waals surface area contributed by atoms with Crippen molar-refractivity contribution in [1.29, 1.82) is 0 Å². The molecule has 0 bridgehead atoms.